The average molecular weight is 249 g/mol. The molecule has 2 N–H and O–H groups in total. The van der Waals surface area contributed by atoms with E-state index in [9.17, 15) is 4.79 Å². The molecule has 1 aromatic rings. The number of amides is 2. The van der Waals surface area contributed by atoms with E-state index in [4.69, 9.17) is 4.74 Å². The lowest BCUT2D eigenvalue weighted by atomic mass is 10.4. The van der Waals surface area contributed by atoms with Gasteiger partial charge in [-0.25, -0.2) is 9.78 Å². The SMILES string of the molecule is C=CCNC(=O)Nc1ccc(OCCCC)nc1. The number of hydrogen-bond acceptors (Lipinski definition) is 3. The van der Waals surface area contributed by atoms with Crippen LogP contribution >= 0.6 is 0 Å². The summed E-state index contributed by atoms with van der Waals surface area (Å²) in [5.74, 6) is 0.570. The van der Waals surface area contributed by atoms with Crippen LogP contribution in [-0.2, 0) is 0 Å². The van der Waals surface area contributed by atoms with E-state index < -0.39 is 0 Å². The number of rotatable bonds is 7. The molecule has 0 aromatic carbocycles. The highest BCUT2D eigenvalue weighted by molar-refractivity contribution is 5.89. The van der Waals surface area contributed by atoms with Crippen LogP contribution in [0.2, 0.25) is 0 Å². The maximum absolute atomic E-state index is 11.3. The summed E-state index contributed by atoms with van der Waals surface area (Å²) in [6.45, 7) is 6.71. The van der Waals surface area contributed by atoms with Crippen molar-refractivity contribution in [2.24, 2.45) is 0 Å². The van der Waals surface area contributed by atoms with E-state index in [1.54, 1.807) is 24.4 Å². The molecule has 0 aliphatic heterocycles. The Morgan fingerprint density at radius 1 is 1.56 bits per heavy atom. The van der Waals surface area contributed by atoms with Crippen molar-refractivity contribution in [3.8, 4) is 5.88 Å². The fourth-order valence-corrected chi connectivity index (χ4v) is 1.20. The zero-order valence-electron chi connectivity index (χ0n) is 10.6. The van der Waals surface area contributed by atoms with E-state index in [0.29, 0.717) is 24.7 Å². The summed E-state index contributed by atoms with van der Waals surface area (Å²) in [6, 6.07) is 3.21. The molecule has 0 aliphatic rings. The van der Waals surface area contributed by atoms with Gasteiger partial charge in [-0.3, -0.25) is 0 Å². The summed E-state index contributed by atoms with van der Waals surface area (Å²) in [5.41, 5.74) is 0.624. The van der Waals surface area contributed by atoms with Crippen LogP contribution in [0.3, 0.4) is 0 Å². The Hall–Kier alpha value is -2.04. The van der Waals surface area contributed by atoms with Gasteiger partial charge < -0.3 is 15.4 Å². The highest BCUT2D eigenvalue weighted by Crippen LogP contribution is 2.11. The van der Waals surface area contributed by atoms with Crippen LogP contribution in [0.5, 0.6) is 5.88 Å². The molecule has 0 bridgehead atoms. The zero-order chi connectivity index (χ0) is 13.2. The van der Waals surface area contributed by atoms with Crippen LogP contribution < -0.4 is 15.4 Å². The molecule has 18 heavy (non-hydrogen) atoms. The van der Waals surface area contributed by atoms with Gasteiger partial charge in [-0.15, -0.1) is 6.58 Å². The smallest absolute Gasteiger partial charge is 0.319 e. The first-order chi connectivity index (χ1) is 8.76. The lowest BCUT2D eigenvalue weighted by Gasteiger charge is -2.07. The predicted molar refractivity (Wildman–Crippen MR) is 71.9 cm³/mol. The Morgan fingerprint density at radius 3 is 3.00 bits per heavy atom. The van der Waals surface area contributed by atoms with Crippen molar-refractivity contribution < 1.29 is 9.53 Å². The maximum atomic E-state index is 11.3. The van der Waals surface area contributed by atoms with Crippen molar-refractivity contribution in [1.29, 1.82) is 0 Å². The summed E-state index contributed by atoms with van der Waals surface area (Å²) in [7, 11) is 0. The van der Waals surface area contributed by atoms with Crippen molar-refractivity contribution in [1.82, 2.24) is 10.3 Å². The molecule has 5 heteroatoms. The number of hydrogen-bond donors (Lipinski definition) is 2. The van der Waals surface area contributed by atoms with E-state index in [1.165, 1.54) is 0 Å². The van der Waals surface area contributed by atoms with Crippen molar-refractivity contribution in [2.45, 2.75) is 19.8 Å². The van der Waals surface area contributed by atoms with Gasteiger partial charge in [0.25, 0.3) is 0 Å². The molecular weight excluding hydrogens is 230 g/mol. The lowest BCUT2D eigenvalue weighted by molar-refractivity contribution is 0.253. The molecule has 0 spiro atoms. The zero-order valence-corrected chi connectivity index (χ0v) is 10.6. The quantitative estimate of drug-likeness (QED) is 0.576. The van der Waals surface area contributed by atoms with Crippen molar-refractivity contribution in [2.75, 3.05) is 18.5 Å². The number of nitrogens with zero attached hydrogens (tertiary/aromatic N) is 1. The predicted octanol–water partition coefficient (Wildman–Crippen LogP) is 2.57. The molecule has 0 radical (unpaired) electrons. The number of unbranched alkanes of at least 4 members (excludes halogenated alkanes) is 1. The lowest BCUT2D eigenvalue weighted by Crippen LogP contribution is -2.28. The van der Waals surface area contributed by atoms with Gasteiger partial charge in [0.15, 0.2) is 0 Å². The van der Waals surface area contributed by atoms with Gasteiger partial charge in [0.2, 0.25) is 5.88 Å². The van der Waals surface area contributed by atoms with Crippen molar-refractivity contribution in [3.63, 3.8) is 0 Å². The number of nitrogens with one attached hydrogen (secondary N) is 2. The van der Waals surface area contributed by atoms with Gasteiger partial charge in [-0.1, -0.05) is 19.4 Å². The summed E-state index contributed by atoms with van der Waals surface area (Å²) in [5, 5.41) is 5.27. The molecule has 0 fully saturated rings. The molecule has 1 rings (SSSR count). The van der Waals surface area contributed by atoms with Gasteiger partial charge >= 0.3 is 6.03 Å². The van der Waals surface area contributed by atoms with Crippen molar-refractivity contribution >= 4 is 11.7 Å². The third kappa shape index (κ3) is 5.34. The van der Waals surface area contributed by atoms with Crippen LogP contribution in [0.15, 0.2) is 31.0 Å². The second kappa shape index (κ2) is 8.11. The number of anilines is 1. The third-order valence-corrected chi connectivity index (χ3v) is 2.15. The van der Waals surface area contributed by atoms with Gasteiger partial charge in [-0.2, -0.15) is 0 Å². The van der Waals surface area contributed by atoms with Crippen LogP contribution in [0.4, 0.5) is 10.5 Å². The number of carbonyl (C=O) groups excluding carboxylic acids is 1. The Bertz CT molecular complexity index is 376. The monoisotopic (exact) mass is 249 g/mol. The van der Waals surface area contributed by atoms with Gasteiger partial charge in [0, 0.05) is 12.6 Å². The molecule has 5 nitrogen and oxygen atoms in total. The van der Waals surface area contributed by atoms with Crippen LogP contribution in [0.25, 0.3) is 0 Å². The molecule has 0 aliphatic carbocycles. The molecule has 98 valence electrons. The summed E-state index contributed by atoms with van der Waals surface area (Å²) in [4.78, 5) is 15.4. The molecule has 1 aromatic heterocycles. The maximum Gasteiger partial charge on any atom is 0.319 e. The first-order valence-corrected chi connectivity index (χ1v) is 6.01. The second-order valence-corrected chi connectivity index (χ2v) is 3.71. The molecule has 0 saturated carbocycles. The first-order valence-electron chi connectivity index (χ1n) is 6.01. The molecule has 1 heterocycles. The Labute approximate surface area is 107 Å². The second-order valence-electron chi connectivity index (χ2n) is 3.71. The van der Waals surface area contributed by atoms with Crippen LogP contribution in [-0.4, -0.2) is 24.2 Å². The highest BCUT2D eigenvalue weighted by Gasteiger charge is 2.01. The van der Waals surface area contributed by atoms with E-state index in [2.05, 4.69) is 29.1 Å². The summed E-state index contributed by atoms with van der Waals surface area (Å²) in [6.07, 6.45) is 5.27. The molecule has 0 saturated heterocycles. The van der Waals surface area contributed by atoms with E-state index in [1.807, 2.05) is 0 Å². The van der Waals surface area contributed by atoms with Crippen LogP contribution in [0, 0.1) is 0 Å². The number of ether oxygens (including phenoxy) is 1. The number of pyridine rings is 1. The largest absolute Gasteiger partial charge is 0.478 e. The van der Waals surface area contributed by atoms with E-state index in [0.717, 1.165) is 12.8 Å². The molecule has 2 amide bonds. The molecule has 0 atom stereocenters. The molecular formula is C13H19N3O2. The molecule has 0 unspecified atom stereocenters. The third-order valence-electron chi connectivity index (χ3n) is 2.15. The minimum Gasteiger partial charge on any atom is -0.478 e. The number of urea groups is 1. The van der Waals surface area contributed by atoms with Crippen LogP contribution in [0.1, 0.15) is 19.8 Å². The highest BCUT2D eigenvalue weighted by atomic mass is 16.5. The normalized spacial score (nSPS) is 9.61. The van der Waals surface area contributed by atoms with Crippen molar-refractivity contribution in [3.05, 3.63) is 31.0 Å². The first kappa shape index (κ1) is 14.0. The standard InChI is InChI=1S/C13H19N3O2/c1-3-5-9-18-12-7-6-11(10-15-12)16-13(17)14-8-4-2/h4,6-7,10H,2-3,5,8-9H2,1H3,(H2,14,16,17). The van der Waals surface area contributed by atoms with E-state index in [-0.39, 0.29) is 6.03 Å². The summed E-state index contributed by atoms with van der Waals surface area (Å²) < 4.78 is 5.42. The number of aromatic nitrogens is 1. The topological polar surface area (TPSA) is 63.2 Å². The van der Waals surface area contributed by atoms with Gasteiger partial charge in [-0.05, 0) is 12.5 Å². The number of carbonyl (C=O) groups is 1. The van der Waals surface area contributed by atoms with Gasteiger partial charge in [0.1, 0.15) is 0 Å². The Morgan fingerprint density at radius 2 is 2.39 bits per heavy atom. The fraction of sp³-hybridized carbons (Fsp3) is 0.385. The van der Waals surface area contributed by atoms with E-state index >= 15 is 0 Å². The Kier molecular flexibility index (Phi) is 6.32. The summed E-state index contributed by atoms with van der Waals surface area (Å²) >= 11 is 0. The fourth-order valence-electron chi connectivity index (χ4n) is 1.20. The van der Waals surface area contributed by atoms with Gasteiger partial charge in [0.05, 0.1) is 18.5 Å². The minimum absolute atomic E-state index is 0.281. The Balaban J connectivity index is 2.39. The minimum atomic E-state index is -0.281. The average Bonchev–Trinajstić information content (AvgIpc) is 2.39.